The number of Topliss-reactive ketones (excluding diaryl/α,β-unsaturated/α-hetero) is 1. The molecule has 2 aromatic carbocycles. The number of anilines is 1. The Morgan fingerprint density at radius 1 is 1.10 bits per heavy atom. The van der Waals surface area contributed by atoms with E-state index in [4.69, 9.17) is 4.74 Å². The molecule has 1 aliphatic heterocycles. The molecule has 2 fully saturated rings. The highest BCUT2D eigenvalue weighted by Gasteiger charge is 2.44. The molecule has 3 aliphatic carbocycles. The van der Waals surface area contributed by atoms with Crippen LogP contribution in [0.4, 0.5) is 5.69 Å². The smallest absolute Gasteiger partial charge is 0.193 e. The molecule has 0 atom stereocenters. The first kappa shape index (κ1) is 18.8. The number of hydrogen-bond acceptors (Lipinski definition) is 4. The van der Waals surface area contributed by atoms with Gasteiger partial charge in [-0.25, -0.2) is 0 Å². The topological polar surface area (TPSA) is 53.3 Å². The van der Waals surface area contributed by atoms with Crippen LogP contribution in [0.1, 0.15) is 70.8 Å². The maximum Gasteiger partial charge on any atom is 0.193 e. The monoisotopic (exact) mass is 410 g/mol. The second kappa shape index (κ2) is 6.55. The Balaban J connectivity index is 1.52. The third-order valence-electron chi connectivity index (χ3n) is 7.61. The van der Waals surface area contributed by atoms with Gasteiger partial charge in [0.25, 0.3) is 0 Å². The zero-order valence-corrected chi connectivity index (χ0v) is 18.1. The van der Waals surface area contributed by atoms with Crippen molar-refractivity contribution in [3.8, 4) is 6.07 Å². The van der Waals surface area contributed by atoms with Crippen LogP contribution in [-0.2, 0) is 16.6 Å². The Kier molecular flexibility index (Phi) is 3.98. The maximum absolute atomic E-state index is 13.8. The van der Waals surface area contributed by atoms with Crippen LogP contribution in [-0.4, -0.2) is 32.1 Å². The van der Waals surface area contributed by atoms with Crippen LogP contribution in [0.2, 0.25) is 0 Å². The summed E-state index contributed by atoms with van der Waals surface area (Å²) in [6, 6.07) is 12.5. The summed E-state index contributed by atoms with van der Waals surface area (Å²) in [7, 11) is 0. The summed E-state index contributed by atoms with van der Waals surface area (Å²) >= 11 is 0. The van der Waals surface area contributed by atoms with Crippen molar-refractivity contribution in [3.05, 3.63) is 69.3 Å². The maximum atomic E-state index is 13.8. The number of morpholine rings is 1. The quantitative estimate of drug-likeness (QED) is 0.717. The Morgan fingerprint density at radius 2 is 1.87 bits per heavy atom. The van der Waals surface area contributed by atoms with E-state index in [-0.39, 0.29) is 11.2 Å². The van der Waals surface area contributed by atoms with E-state index in [1.54, 1.807) is 0 Å². The van der Waals surface area contributed by atoms with E-state index in [0.29, 0.717) is 11.5 Å². The van der Waals surface area contributed by atoms with Gasteiger partial charge in [0.1, 0.15) is 0 Å². The molecule has 0 bridgehead atoms. The zero-order valence-electron chi connectivity index (χ0n) is 18.1. The number of hydrogen-bond donors (Lipinski definition) is 0. The lowest BCUT2D eigenvalue weighted by Gasteiger charge is -2.37. The lowest BCUT2D eigenvalue weighted by molar-refractivity contribution is 0.105. The lowest BCUT2D eigenvalue weighted by atomic mass is 9.68. The summed E-state index contributed by atoms with van der Waals surface area (Å²) in [6.07, 6.45) is 3.17. The Labute approximate surface area is 183 Å². The number of ether oxygens (including phenoxy) is 1. The molecule has 0 amide bonds. The van der Waals surface area contributed by atoms with Crippen molar-refractivity contribution in [2.75, 3.05) is 31.2 Å². The Morgan fingerprint density at radius 3 is 2.58 bits per heavy atom. The Hall–Kier alpha value is -2.90. The van der Waals surface area contributed by atoms with Gasteiger partial charge in [-0.15, -0.1) is 0 Å². The molecule has 1 saturated carbocycles. The molecular weight excluding hydrogens is 384 g/mol. The highest BCUT2D eigenvalue weighted by molar-refractivity contribution is 6.33. The molecule has 0 N–H and O–H groups in total. The van der Waals surface area contributed by atoms with Crippen LogP contribution in [0.15, 0.2) is 35.9 Å². The second-order valence-electron chi connectivity index (χ2n) is 9.80. The van der Waals surface area contributed by atoms with Gasteiger partial charge in [-0.05, 0) is 77.3 Å². The number of rotatable bonds is 2. The number of ketones is 1. The molecular formula is C27H26N2O2. The van der Waals surface area contributed by atoms with E-state index in [1.165, 1.54) is 29.7 Å². The van der Waals surface area contributed by atoms with E-state index < -0.39 is 0 Å². The predicted octanol–water partition coefficient (Wildman–Crippen LogP) is 4.76. The van der Waals surface area contributed by atoms with Gasteiger partial charge in [0.05, 0.1) is 24.8 Å². The van der Waals surface area contributed by atoms with Gasteiger partial charge in [0.2, 0.25) is 0 Å². The molecule has 0 unspecified atom stereocenters. The van der Waals surface area contributed by atoms with Crippen LogP contribution in [0, 0.1) is 11.3 Å². The number of benzene rings is 2. The molecule has 0 aromatic heterocycles. The number of nitriles is 1. The average molecular weight is 411 g/mol. The largest absolute Gasteiger partial charge is 0.378 e. The van der Waals surface area contributed by atoms with Crippen molar-refractivity contribution in [3.63, 3.8) is 0 Å². The molecule has 31 heavy (non-hydrogen) atoms. The van der Waals surface area contributed by atoms with Gasteiger partial charge in [0, 0.05) is 35.3 Å². The molecule has 1 saturated heterocycles. The van der Waals surface area contributed by atoms with E-state index >= 15 is 0 Å². The minimum Gasteiger partial charge on any atom is -0.378 e. The summed E-state index contributed by atoms with van der Waals surface area (Å²) in [5.74, 6) is 0.728. The Bertz CT molecular complexity index is 1200. The highest BCUT2D eigenvalue weighted by atomic mass is 16.5. The summed E-state index contributed by atoms with van der Waals surface area (Å²) in [5, 5.41) is 9.32. The van der Waals surface area contributed by atoms with Crippen LogP contribution in [0.5, 0.6) is 0 Å². The summed E-state index contributed by atoms with van der Waals surface area (Å²) in [4.78, 5) is 16.3. The zero-order chi connectivity index (χ0) is 21.3. The first-order chi connectivity index (χ1) is 15.0. The fraction of sp³-hybridized carbons (Fsp3) is 0.407. The first-order valence-electron chi connectivity index (χ1n) is 11.3. The summed E-state index contributed by atoms with van der Waals surface area (Å²) in [6.45, 7) is 7.84. The van der Waals surface area contributed by atoms with Crippen molar-refractivity contribution in [1.82, 2.24) is 0 Å². The van der Waals surface area contributed by atoms with Crippen molar-refractivity contribution in [1.29, 1.82) is 5.26 Å². The minimum atomic E-state index is -0.229. The second-order valence-corrected chi connectivity index (χ2v) is 9.80. The molecule has 156 valence electrons. The predicted molar refractivity (Wildman–Crippen MR) is 121 cm³/mol. The molecule has 0 radical (unpaired) electrons. The number of nitrogens with zero attached hydrogens (tertiary/aromatic N) is 2. The van der Waals surface area contributed by atoms with Crippen molar-refractivity contribution >= 4 is 17.0 Å². The highest BCUT2D eigenvalue weighted by Crippen LogP contribution is 2.53. The average Bonchev–Trinajstić information content (AvgIpc) is 3.56. The minimum absolute atomic E-state index is 0.156. The van der Waals surface area contributed by atoms with Crippen LogP contribution in [0.25, 0.3) is 5.57 Å². The van der Waals surface area contributed by atoms with Crippen molar-refractivity contribution < 1.29 is 9.53 Å². The van der Waals surface area contributed by atoms with Gasteiger partial charge in [-0.3, -0.25) is 4.79 Å². The molecule has 6 rings (SSSR count). The fourth-order valence-electron chi connectivity index (χ4n) is 5.69. The number of carbonyl (C=O) groups excluding carboxylic acids is 1. The van der Waals surface area contributed by atoms with Gasteiger partial charge in [0.15, 0.2) is 5.78 Å². The number of allylic oxidation sites excluding steroid dienone is 2. The van der Waals surface area contributed by atoms with Crippen molar-refractivity contribution in [2.24, 2.45) is 0 Å². The van der Waals surface area contributed by atoms with E-state index in [2.05, 4.69) is 36.9 Å². The van der Waals surface area contributed by atoms with Crippen LogP contribution < -0.4 is 4.90 Å². The third kappa shape index (κ3) is 2.73. The van der Waals surface area contributed by atoms with Crippen LogP contribution in [0.3, 0.4) is 0 Å². The number of carbonyl (C=O) groups is 1. The molecule has 2 aromatic rings. The standard InChI is InChI=1S/C27H26N2O2/c1-27(2)22-14-24(29-7-9-31-10-8-29)20(17-4-5-17)13-21(22)26(30)25-19-6-3-16(15-28)11-18(19)12-23(25)27/h3,6,11,13-14,17H,4-5,7-10,12H2,1-2H3. The van der Waals surface area contributed by atoms with E-state index in [9.17, 15) is 10.1 Å². The van der Waals surface area contributed by atoms with Crippen LogP contribution >= 0.6 is 0 Å². The lowest BCUT2D eigenvalue weighted by Crippen LogP contribution is -2.37. The molecule has 1 heterocycles. The van der Waals surface area contributed by atoms with Gasteiger partial charge in [-0.2, -0.15) is 5.26 Å². The molecule has 0 spiro atoms. The molecule has 4 heteroatoms. The fourth-order valence-corrected chi connectivity index (χ4v) is 5.69. The van der Waals surface area contributed by atoms with Gasteiger partial charge < -0.3 is 9.64 Å². The van der Waals surface area contributed by atoms with Gasteiger partial charge in [-0.1, -0.05) is 19.9 Å². The SMILES string of the molecule is CC1(C)C2=C(C(=O)c3cc(C4CC4)c(N4CCOCC4)cc31)c1ccc(C#N)cc1C2. The van der Waals surface area contributed by atoms with Crippen molar-refractivity contribution in [2.45, 2.75) is 44.4 Å². The van der Waals surface area contributed by atoms with E-state index in [1.807, 2.05) is 18.2 Å². The first-order valence-corrected chi connectivity index (χ1v) is 11.3. The third-order valence-corrected chi connectivity index (χ3v) is 7.61. The van der Waals surface area contributed by atoms with E-state index in [0.717, 1.165) is 60.6 Å². The number of fused-ring (bicyclic) bond motifs is 3. The summed E-state index contributed by atoms with van der Waals surface area (Å²) in [5.41, 5.74) is 9.29. The summed E-state index contributed by atoms with van der Waals surface area (Å²) < 4.78 is 5.59. The normalized spacial score (nSPS) is 21.5. The molecule has 4 aliphatic rings. The molecule has 4 nitrogen and oxygen atoms in total. The van der Waals surface area contributed by atoms with Gasteiger partial charge >= 0.3 is 0 Å².